The third-order valence-electron chi connectivity index (χ3n) is 3.07. The maximum atomic E-state index is 5.57. The summed E-state index contributed by atoms with van der Waals surface area (Å²) in [5, 5.41) is 0. The summed E-state index contributed by atoms with van der Waals surface area (Å²) in [6, 6.07) is 4.02. The van der Waals surface area contributed by atoms with Gasteiger partial charge in [-0.1, -0.05) is 13.3 Å². The van der Waals surface area contributed by atoms with E-state index < -0.39 is 0 Å². The Bertz CT molecular complexity index is 588. The van der Waals surface area contributed by atoms with Gasteiger partial charge < -0.3 is 14.3 Å². The molecule has 0 saturated heterocycles. The fourth-order valence-electron chi connectivity index (χ4n) is 2.01. The van der Waals surface area contributed by atoms with E-state index in [4.69, 9.17) is 17.0 Å². The van der Waals surface area contributed by atoms with E-state index in [0.29, 0.717) is 0 Å². The molecular formula is C14H21N3OS. The number of aryl methyl sites for hydroxylation is 2. The van der Waals surface area contributed by atoms with Gasteiger partial charge in [-0.05, 0) is 44.1 Å². The molecule has 0 fully saturated rings. The highest BCUT2D eigenvalue weighted by atomic mass is 32.1. The lowest BCUT2D eigenvalue weighted by atomic mass is 10.3. The van der Waals surface area contributed by atoms with Crippen LogP contribution in [0, 0.1) is 11.7 Å². The average Bonchev–Trinajstić information content (AvgIpc) is 2.69. The first kappa shape index (κ1) is 14.2. The topological polar surface area (TPSA) is 42.8 Å². The number of hydrogen-bond acceptors (Lipinski definition) is 3. The summed E-state index contributed by atoms with van der Waals surface area (Å²) in [5.41, 5.74) is 2.95. The van der Waals surface area contributed by atoms with Crippen LogP contribution in [0.25, 0.3) is 11.2 Å². The van der Waals surface area contributed by atoms with E-state index in [9.17, 15) is 0 Å². The number of unbranched alkanes of at least 4 members (excludes halogenated alkanes) is 1. The minimum absolute atomic E-state index is 0.738. The molecule has 0 spiro atoms. The molecule has 1 N–H and O–H groups in total. The molecule has 2 rings (SSSR count). The minimum Gasteiger partial charge on any atom is -0.381 e. The summed E-state index contributed by atoms with van der Waals surface area (Å²) in [6.45, 7) is 6.64. The summed E-state index contributed by atoms with van der Waals surface area (Å²) in [7, 11) is 0. The van der Waals surface area contributed by atoms with Crippen LogP contribution in [-0.2, 0) is 11.3 Å². The van der Waals surface area contributed by atoms with Crippen molar-refractivity contribution in [3.63, 3.8) is 0 Å². The lowest BCUT2D eigenvalue weighted by molar-refractivity contribution is 0.126. The van der Waals surface area contributed by atoms with Crippen molar-refractivity contribution in [3.05, 3.63) is 22.6 Å². The largest absolute Gasteiger partial charge is 0.381 e. The Morgan fingerprint density at radius 1 is 1.32 bits per heavy atom. The van der Waals surface area contributed by atoms with Crippen molar-refractivity contribution in [2.24, 2.45) is 0 Å². The molecule has 0 amide bonds. The van der Waals surface area contributed by atoms with Crippen LogP contribution < -0.4 is 0 Å². The molecular weight excluding hydrogens is 258 g/mol. The van der Waals surface area contributed by atoms with Crippen LogP contribution >= 0.6 is 12.2 Å². The number of imidazole rings is 1. The van der Waals surface area contributed by atoms with Gasteiger partial charge >= 0.3 is 0 Å². The van der Waals surface area contributed by atoms with Crippen molar-refractivity contribution in [1.82, 2.24) is 14.5 Å². The first-order valence-electron chi connectivity index (χ1n) is 6.86. The lowest BCUT2D eigenvalue weighted by Gasteiger charge is -2.05. The van der Waals surface area contributed by atoms with Crippen LogP contribution in [0.4, 0.5) is 0 Å². The maximum absolute atomic E-state index is 5.57. The Balaban J connectivity index is 1.98. The molecule has 0 aliphatic rings. The summed E-state index contributed by atoms with van der Waals surface area (Å²) < 4.78 is 8.36. The summed E-state index contributed by atoms with van der Waals surface area (Å²) in [6.07, 6.45) is 3.27. The smallest absolute Gasteiger partial charge is 0.179 e. The monoisotopic (exact) mass is 279 g/mol. The Kier molecular flexibility index (Phi) is 5.10. The van der Waals surface area contributed by atoms with Gasteiger partial charge in [0, 0.05) is 25.5 Å². The van der Waals surface area contributed by atoms with Gasteiger partial charge in [0.25, 0.3) is 0 Å². The molecule has 104 valence electrons. The van der Waals surface area contributed by atoms with Gasteiger partial charge in [0.1, 0.15) is 0 Å². The zero-order valence-corrected chi connectivity index (χ0v) is 12.4. The van der Waals surface area contributed by atoms with Crippen molar-refractivity contribution in [2.45, 2.75) is 39.7 Å². The predicted molar refractivity (Wildman–Crippen MR) is 80.0 cm³/mol. The van der Waals surface area contributed by atoms with Crippen LogP contribution in [0.3, 0.4) is 0 Å². The van der Waals surface area contributed by atoms with Crippen LogP contribution in [0.2, 0.25) is 0 Å². The standard InChI is InChI=1S/C14H21N3OS/c1-3-4-9-18-10-5-8-17-13-12(16-14(17)19)7-6-11(2)15-13/h6-7H,3-5,8-10H2,1-2H3,(H,16,19). The second kappa shape index (κ2) is 6.82. The molecule has 2 aromatic rings. The van der Waals surface area contributed by atoms with E-state index in [1.165, 1.54) is 6.42 Å². The fraction of sp³-hybridized carbons (Fsp3) is 0.571. The molecule has 0 unspecified atom stereocenters. The Morgan fingerprint density at radius 2 is 2.11 bits per heavy atom. The second-order valence-corrected chi connectivity index (χ2v) is 5.11. The van der Waals surface area contributed by atoms with Crippen LogP contribution in [-0.4, -0.2) is 27.7 Å². The molecule has 4 nitrogen and oxygen atoms in total. The molecule has 2 aromatic heterocycles. The fourth-order valence-corrected chi connectivity index (χ4v) is 2.29. The number of aromatic nitrogens is 3. The average molecular weight is 279 g/mol. The van der Waals surface area contributed by atoms with Gasteiger partial charge in [-0.2, -0.15) is 0 Å². The Hall–Kier alpha value is -1.20. The molecule has 0 bridgehead atoms. The molecule has 0 atom stereocenters. The molecule has 5 heteroatoms. The first-order valence-corrected chi connectivity index (χ1v) is 7.27. The van der Waals surface area contributed by atoms with Gasteiger partial charge in [0.2, 0.25) is 0 Å². The van der Waals surface area contributed by atoms with Gasteiger partial charge in [0.15, 0.2) is 10.4 Å². The Labute approximate surface area is 118 Å². The molecule has 0 aliphatic heterocycles. The maximum Gasteiger partial charge on any atom is 0.179 e. The van der Waals surface area contributed by atoms with Gasteiger partial charge in [-0.15, -0.1) is 0 Å². The number of nitrogens with zero attached hydrogens (tertiary/aromatic N) is 2. The van der Waals surface area contributed by atoms with E-state index in [2.05, 4.69) is 21.5 Å². The number of pyridine rings is 1. The number of aromatic amines is 1. The Morgan fingerprint density at radius 3 is 2.89 bits per heavy atom. The normalized spacial score (nSPS) is 11.3. The third-order valence-corrected chi connectivity index (χ3v) is 3.39. The zero-order chi connectivity index (χ0) is 13.7. The highest BCUT2D eigenvalue weighted by Gasteiger charge is 2.05. The van der Waals surface area contributed by atoms with Gasteiger partial charge in [0.05, 0.1) is 5.52 Å². The van der Waals surface area contributed by atoms with Crippen molar-refractivity contribution in [1.29, 1.82) is 0 Å². The summed E-state index contributed by atoms with van der Waals surface area (Å²) in [5.74, 6) is 0. The van der Waals surface area contributed by atoms with Crippen LogP contribution in [0.1, 0.15) is 31.9 Å². The second-order valence-electron chi connectivity index (χ2n) is 4.73. The van der Waals surface area contributed by atoms with Crippen molar-refractivity contribution < 1.29 is 4.74 Å². The summed E-state index contributed by atoms with van der Waals surface area (Å²) in [4.78, 5) is 7.74. The molecule has 19 heavy (non-hydrogen) atoms. The van der Waals surface area contributed by atoms with Gasteiger partial charge in [-0.3, -0.25) is 0 Å². The van der Waals surface area contributed by atoms with Gasteiger partial charge in [-0.25, -0.2) is 4.98 Å². The molecule has 0 radical (unpaired) electrons. The van der Waals surface area contributed by atoms with E-state index in [0.717, 1.165) is 54.2 Å². The quantitative estimate of drug-likeness (QED) is 0.622. The lowest BCUT2D eigenvalue weighted by Crippen LogP contribution is -2.04. The van der Waals surface area contributed by atoms with Crippen LogP contribution in [0.5, 0.6) is 0 Å². The van der Waals surface area contributed by atoms with E-state index >= 15 is 0 Å². The van der Waals surface area contributed by atoms with E-state index in [-0.39, 0.29) is 0 Å². The number of hydrogen-bond donors (Lipinski definition) is 1. The number of fused-ring (bicyclic) bond motifs is 1. The van der Waals surface area contributed by atoms with Crippen LogP contribution in [0.15, 0.2) is 12.1 Å². The number of nitrogens with one attached hydrogen (secondary N) is 1. The third kappa shape index (κ3) is 3.64. The highest BCUT2D eigenvalue weighted by Crippen LogP contribution is 2.13. The van der Waals surface area contributed by atoms with Crippen molar-refractivity contribution in [3.8, 4) is 0 Å². The minimum atomic E-state index is 0.738. The van der Waals surface area contributed by atoms with E-state index in [1.54, 1.807) is 0 Å². The number of rotatable bonds is 7. The zero-order valence-electron chi connectivity index (χ0n) is 11.6. The number of ether oxygens (including phenoxy) is 1. The molecule has 0 aromatic carbocycles. The molecule has 2 heterocycles. The number of H-pyrrole nitrogens is 1. The summed E-state index contributed by atoms with van der Waals surface area (Å²) >= 11 is 5.34. The first-order chi connectivity index (χ1) is 9.22. The molecule has 0 aliphatic carbocycles. The van der Waals surface area contributed by atoms with E-state index in [1.807, 2.05) is 19.1 Å². The van der Waals surface area contributed by atoms with Crippen molar-refractivity contribution >= 4 is 23.4 Å². The van der Waals surface area contributed by atoms with Crippen molar-refractivity contribution in [2.75, 3.05) is 13.2 Å². The highest BCUT2D eigenvalue weighted by molar-refractivity contribution is 7.71. The molecule has 0 saturated carbocycles. The SMILES string of the molecule is CCCCOCCCn1c(=S)[nH]c2ccc(C)nc21. The predicted octanol–water partition coefficient (Wildman–Crippen LogP) is 3.61.